The first-order valence-corrected chi connectivity index (χ1v) is 7.42. The molecule has 0 bridgehead atoms. The van der Waals surface area contributed by atoms with Gasteiger partial charge in [-0.05, 0) is 32.1 Å². The number of carboxylic acids is 1. The molecule has 1 aliphatic heterocycles. The number of likely N-dealkylation sites (tertiary alicyclic amines) is 1. The predicted octanol–water partition coefficient (Wildman–Crippen LogP) is 1.91. The monoisotopic (exact) mass is 281 g/mol. The average molecular weight is 281 g/mol. The van der Waals surface area contributed by atoms with Crippen LogP contribution in [-0.2, 0) is 14.4 Å². The van der Waals surface area contributed by atoms with Gasteiger partial charge in [-0.3, -0.25) is 19.3 Å². The molecule has 2 amide bonds. The van der Waals surface area contributed by atoms with Crippen LogP contribution in [0.2, 0.25) is 0 Å². The van der Waals surface area contributed by atoms with E-state index in [0.717, 1.165) is 19.3 Å². The van der Waals surface area contributed by atoms with Crippen molar-refractivity contribution in [3.63, 3.8) is 0 Å². The number of amides is 2. The van der Waals surface area contributed by atoms with E-state index < -0.39 is 11.4 Å². The molecule has 1 saturated heterocycles. The smallest absolute Gasteiger partial charge is 0.311 e. The molecule has 1 N–H and O–H groups in total. The zero-order valence-electron chi connectivity index (χ0n) is 12.4. The first-order chi connectivity index (χ1) is 9.34. The molecule has 5 nitrogen and oxygen atoms in total. The van der Waals surface area contributed by atoms with E-state index in [1.54, 1.807) is 13.8 Å². The Kier molecular flexibility index (Phi) is 3.89. The average Bonchev–Trinajstić information content (AvgIpc) is 2.94. The van der Waals surface area contributed by atoms with Crippen LogP contribution in [0.4, 0.5) is 0 Å². The molecular weight excluding hydrogens is 258 g/mol. The lowest BCUT2D eigenvalue weighted by molar-refractivity contribution is -0.152. The molecule has 1 heterocycles. The summed E-state index contributed by atoms with van der Waals surface area (Å²) in [5, 5.41) is 9.30. The molecule has 1 saturated carbocycles. The standard InChI is InChI=1S/C15H23NO4/c1-4-9-6-10-11(7-9)13(18)16(12(10)17)8-15(3,5-2)14(19)20/h9-11H,4-8H2,1-3H3,(H,19,20). The van der Waals surface area contributed by atoms with Gasteiger partial charge in [-0.15, -0.1) is 0 Å². The maximum Gasteiger partial charge on any atom is 0.311 e. The summed E-state index contributed by atoms with van der Waals surface area (Å²) in [4.78, 5) is 37.3. The Balaban J connectivity index is 2.15. The van der Waals surface area contributed by atoms with Crippen molar-refractivity contribution in [3.8, 4) is 0 Å². The fraction of sp³-hybridized carbons (Fsp3) is 0.800. The number of imide groups is 1. The Labute approximate surface area is 119 Å². The van der Waals surface area contributed by atoms with Crippen LogP contribution in [0.1, 0.15) is 46.5 Å². The fourth-order valence-corrected chi connectivity index (χ4v) is 3.37. The number of fused-ring (bicyclic) bond motifs is 1. The number of rotatable bonds is 5. The second-order valence-corrected chi connectivity index (χ2v) is 6.44. The van der Waals surface area contributed by atoms with Gasteiger partial charge in [-0.25, -0.2) is 0 Å². The summed E-state index contributed by atoms with van der Waals surface area (Å²) in [5.41, 5.74) is -1.05. The van der Waals surface area contributed by atoms with Crippen molar-refractivity contribution in [3.05, 3.63) is 0 Å². The van der Waals surface area contributed by atoms with E-state index in [2.05, 4.69) is 6.92 Å². The van der Waals surface area contributed by atoms with Crippen molar-refractivity contribution in [2.45, 2.75) is 46.5 Å². The van der Waals surface area contributed by atoms with E-state index in [4.69, 9.17) is 0 Å². The first kappa shape index (κ1) is 15.0. The van der Waals surface area contributed by atoms with Crippen LogP contribution in [0.25, 0.3) is 0 Å². The largest absolute Gasteiger partial charge is 0.481 e. The third-order valence-corrected chi connectivity index (χ3v) is 5.21. The van der Waals surface area contributed by atoms with Gasteiger partial charge in [0.05, 0.1) is 17.3 Å². The molecule has 0 aromatic carbocycles. The maximum absolute atomic E-state index is 12.4. The number of carboxylic acid groups (broad SMARTS) is 1. The molecule has 1 aliphatic carbocycles. The van der Waals surface area contributed by atoms with Crippen LogP contribution in [-0.4, -0.2) is 34.3 Å². The lowest BCUT2D eigenvalue weighted by Crippen LogP contribution is -2.44. The zero-order chi connectivity index (χ0) is 15.1. The van der Waals surface area contributed by atoms with Gasteiger partial charge in [0.2, 0.25) is 11.8 Å². The molecule has 5 heteroatoms. The molecule has 2 rings (SSSR count). The topological polar surface area (TPSA) is 74.7 Å². The number of aliphatic carboxylic acids is 1. The zero-order valence-corrected chi connectivity index (χ0v) is 12.4. The SMILES string of the molecule is CCC1CC2C(=O)N(CC(C)(CC)C(=O)O)C(=O)C2C1. The highest BCUT2D eigenvalue weighted by molar-refractivity contribution is 6.05. The van der Waals surface area contributed by atoms with Gasteiger partial charge in [0.15, 0.2) is 0 Å². The van der Waals surface area contributed by atoms with E-state index in [1.165, 1.54) is 4.90 Å². The summed E-state index contributed by atoms with van der Waals surface area (Å²) in [6.45, 7) is 5.45. The Hall–Kier alpha value is -1.39. The summed E-state index contributed by atoms with van der Waals surface area (Å²) in [6, 6.07) is 0. The number of hydrogen-bond donors (Lipinski definition) is 1. The van der Waals surface area contributed by atoms with E-state index >= 15 is 0 Å². The molecule has 112 valence electrons. The van der Waals surface area contributed by atoms with Gasteiger partial charge in [0.25, 0.3) is 0 Å². The third kappa shape index (κ3) is 2.23. The molecule has 0 spiro atoms. The first-order valence-electron chi connectivity index (χ1n) is 7.42. The Morgan fingerprint density at radius 3 is 2.10 bits per heavy atom. The molecule has 0 aromatic rings. The minimum atomic E-state index is -1.05. The van der Waals surface area contributed by atoms with Crippen molar-refractivity contribution >= 4 is 17.8 Å². The highest BCUT2D eigenvalue weighted by Gasteiger charge is 2.53. The van der Waals surface area contributed by atoms with E-state index in [9.17, 15) is 19.5 Å². The number of carbonyl (C=O) groups is 3. The maximum atomic E-state index is 12.4. The summed E-state index contributed by atoms with van der Waals surface area (Å²) in [7, 11) is 0. The van der Waals surface area contributed by atoms with E-state index in [0.29, 0.717) is 12.3 Å². The molecule has 3 atom stereocenters. The highest BCUT2D eigenvalue weighted by Crippen LogP contribution is 2.45. The lowest BCUT2D eigenvalue weighted by Gasteiger charge is -2.28. The van der Waals surface area contributed by atoms with Crippen molar-refractivity contribution in [1.82, 2.24) is 4.90 Å². The molecule has 0 radical (unpaired) electrons. The van der Waals surface area contributed by atoms with Crippen LogP contribution in [0.3, 0.4) is 0 Å². The second kappa shape index (κ2) is 5.19. The summed E-state index contributed by atoms with van der Waals surface area (Å²) >= 11 is 0. The van der Waals surface area contributed by atoms with Crippen LogP contribution in [0.15, 0.2) is 0 Å². The Morgan fingerprint density at radius 1 is 1.25 bits per heavy atom. The van der Waals surface area contributed by atoms with Crippen LogP contribution < -0.4 is 0 Å². The molecule has 20 heavy (non-hydrogen) atoms. The van der Waals surface area contributed by atoms with Gasteiger partial charge >= 0.3 is 5.97 Å². The van der Waals surface area contributed by atoms with Gasteiger partial charge in [-0.1, -0.05) is 20.3 Å². The minimum Gasteiger partial charge on any atom is -0.481 e. The predicted molar refractivity (Wildman–Crippen MR) is 72.7 cm³/mol. The number of hydrogen-bond acceptors (Lipinski definition) is 3. The van der Waals surface area contributed by atoms with Crippen molar-refractivity contribution < 1.29 is 19.5 Å². The molecule has 0 aromatic heterocycles. The van der Waals surface area contributed by atoms with Gasteiger partial charge in [0.1, 0.15) is 0 Å². The number of carbonyl (C=O) groups excluding carboxylic acids is 2. The minimum absolute atomic E-state index is 0.000289. The van der Waals surface area contributed by atoms with Crippen molar-refractivity contribution in [2.24, 2.45) is 23.2 Å². The number of nitrogens with zero attached hydrogens (tertiary/aromatic N) is 1. The molecule has 3 unspecified atom stereocenters. The van der Waals surface area contributed by atoms with Crippen LogP contribution in [0, 0.1) is 23.2 Å². The molecule has 2 fully saturated rings. The van der Waals surface area contributed by atoms with Crippen LogP contribution in [0.5, 0.6) is 0 Å². The van der Waals surface area contributed by atoms with Crippen molar-refractivity contribution in [2.75, 3.05) is 6.54 Å². The second-order valence-electron chi connectivity index (χ2n) is 6.44. The summed E-state index contributed by atoms with van der Waals surface area (Å²) in [5.74, 6) is -1.22. The van der Waals surface area contributed by atoms with Gasteiger partial charge in [-0.2, -0.15) is 0 Å². The van der Waals surface area contributed by atoms with E-state index in [-0.39, 0.29) is 30.2 Å². The molecular formula is C15H23NO4. The fourth-order valence-electron chi connectivity index (χ4n) is 3.37. The van der Waals surface area contributed by atoms with E-state index in [1.807, 2.05) is 0 Å². The normalized spacial score (nSPS) is 32.4. The Morgan fingerprint density at radius 2 is 1.75 bits per heavy atom. The van der Waals surface area contributed by atoms with Gasteiger partial charge in [0, 0.05) is 6.54 Å². The van der Waals surface area contributed by atoms with Gasteiger partial charge < -0.3 is 5.11 Å². The Bertz CT molecular complexity index is 423. The quantitative estimate of drug-likeness (QED) is 0.781. The third-order valence-electron chi connectivity index (χ3n) is 5.21. The van der Waals surface area contributed by atoms with Crippen LogP contribution >= 0.6 is 0 Å². The van der Waals surface area contributed by atoms with Crippen molar-refractivity contribution in [1.29, 1.82) is 0 Å². The highest BCUT2D eigenvalue weighted by atomic mass is 16.4. The summed E-state index contributed by atoms with van der Waals surface area (Å²) in [6.07, 6.45) is 2.94. The lowest BCUT2D eigenvalue weighted by atomic mass is 9.87. The summed E-state index contributed by atoms with van der Waals surface area (Å²) < 4.78 is 0. The molecule has 2 aliphatic rings.